The number of carboxylic acids is 2. The zero-order valence-electron chi connectivity index (χ0n) is 32.1. The number of aliphatic carboxylic acids is 1. The Morgan fingerprint density at radius 2 is 1.67 bits per heavy atom. The molecule has 3 aliphatic heterocycles. The molecule has 2 atom stereocenters. The highest BCUT2D eigenvalue weighted by Crippen LogP contribution is 2.30. The van der Waals surface area contributed by atoms with Crippen molar-refractivity contribution in [1.82, 2.24) is 24.6 Å². The van der Waals surface area contributed by atoms with Crippen LogP contribution in [0.2, 0.25) is 0 Å². The Hall–Kier alpha value is -5.09. The van der Waals surface area contributed by atoms with Gasteiger partial charge in [-0.25, -0.2) is 23.4 Å². The fourth-order valence-electron chi connectivity index (χ4n) is 6.61. The number of likely N-dealkylation sites (N-methyl/N-ethyl adjacent to an activating group) is 1. The minimum atomic E-state index is -1.30. The van der Waals surface area contributed by atoms with Crippen LogP contribution in [0.25, 0.3) is 10.9 Å². The summed E-state index contributed by atoms with van der Waals surface area (Å²) in [5.74, 6) is -2.45. The van der Waals surface area contributed by atoms with E-state index in [0.717, 1.165) is 25.1 Å². The van der Waals surface area contributed by atoms with Gasteiger partial charge in [0.1, 0.15) is 23.9 Å². The molecule has 0 bridgehead atoms. The molecule has 6 rings (SSSR count). The molecule has 0 amide bonds. The number of guanidine groups is 1. The number of nitrogens with one attached hydrogen (secondary N) is 2. The number of aliphatic imine (C=N–C) groups is 1. The van der Waals surface area contributed by atoms with Gasteiger partial charge in [-0.2, -0.15) is 0 Å². The summed E-state index contributed by atoms with van der Waals surface area (Å²) >= 11 is 0. The number of anilines is 1. The van der Waals surface area contributed by atoms with Crippen molar-refractivity contribution in [1.29, 1.82) is 5.41 Å². The van der Waals surface area contributed by atoms with Gasteiger partial charge in [-0.3, -0.25) is 15.1 Å². The number of aromatic nitrogens is 1. The lowest BCUT2D eigenvalue weighted by molar-refractivity contribution is -0.132. The van der Waals surface area contributed by atoms with Crippen molar-refractivity contribution < 1.29 is 28.6 Å². The van der Waals surface area contributed by atoms with Crippen molar-refractivity contribution in [2.24, 2.45) is 10.7 Å². The number of piperazine rings is 2. The number of rotatable bonds is 6. The monoisotopic (exact) mass is 755 g/mol. The number of halogens is 2. The van der Waals surface area contributed by atoms with Crippen molar-refractivity contribution in [3.63, 3.8) is 0 Å². The zero-order chi connectivity index (χ0) is 40.1. The maximum Gasteiger partial charge on any atom is 0.341 e. The summed E-state index contributed by atoms with van der Waals surface area (Å²) < 4.78 is 31.1. The Labute approximate surface area is 315 Å². The van der Waals surface area contributed by atoms with Gasteiger partial charge in [0.05, 0.1) is 17.2 Å². The van der Waals surface area contributed by atoms with Crippen LogP contribution in [0.1, 0.15) is 51.4 Å². The Kier molecular flexibility index (Phi) is 16.4. The fraction of sp³-hybridized carbons (Fsp3) is 0.500. The van der Waals surface area contributed by atoms with Crippen LogP contribution >= 0.6 is 0 Å². The smallest absolute Gasteiger partial charge is 0.341 e. The quantitative estimate of drug-likeness (QED) is 0.214. The largest absolute Gasteiger partial charge is 0.478 e. The number of benzene rings is 1. The number of alkyl halides is 1. The Bertz CT molecular complexity index is 1830. The first-order chi connectivity index (χ1) is 25.9. The maximum absolute atomic E-state index is 14.8. The Morgan fingerprint density at radius 1 is 1.02 bits per heavy atom. The molecular formula is C38H55F2N9O5. The molecule has 4 aliphatic rings. The maximum atomic E-state index is 14.8. The van der Waals surface area contributed by atoms with Crippen LogP contribution in [0.4, 0.5) is 14.5 Å². The third-order valence-corrected chi connectivity index (χ3v) is 9.49. The number of allylic oxidation sites excluding steroid dienone is 1. The zero-order valence-corrected chi connectivity index (χ0v) is 32.1. The highest BCUT2D eigenvalue weighted by Gasteiger charge is 2.33. The van der Waals surface area contributed by atoms with Crippen molar-refractivity contribution >= 4 is 40.8 Å². The molecule has 0 radical (unpaired) electrons. The van der Waals surface area contributed by atoms with Crippen LogP contribution in [0.15, 0.2) is 63.2 Å². The summed E-state index contributed by atoms with van der Waals surface area (Å²) in [6.45, 7) is 16.4. The van der Waals surface area contributed by atoms with E-state index in [2.05, 4.69) is 20.1 Å². The van der Waals surface area contributed by atoms with Gasteiger partial charge in [0.2, 0.25) is 5.43 Å². The number of hydrogen-bond donors (Lipinski definition) is 5. The topological polar surface area (TPSA) is 184 Å². The number of carboxylic acid groups (broad SMARTS) is 2. The lowest BCUT2D eigenvalue weighted by atomic mass is 9.93. The standard InChI is InChI=1S/C17H23FN6O2.C17H20FN3O3.2C2H6/c18-13-8-12-7-11(16(25)26)1-2-21-14(12)9-15(13)23-3-5-24(6-4-23)17(20)22-10-19;1-3-20-10-12(17(23)24)16(22)11-8-13(18)15(9-14(11)20)21-6-4-19(2)5-7-21;2*1-2/h1,8-10,13,15,21H,2-7H2,(H,25,26)(H3,19,20,22);8-10H,3-7H2,1-2H3,(H,23,24);2*1-2H3. The summed E-state index contributed by atoms with van der Waals surface area (Å²) in [4.78, 5) is 46.6. The molecule has 2 saturated heterocycles. The van der Waals surface area contributed by atoms with Gasteiger partial charge in [0.15, 0.2) is 5.96 Å². The first-order valence-corrected chi connectivity index (χ1v) is 18.5. The van der Waals surface area contributed by atoms with Crippen molar-refractivity contribution in [2.75, 3.05) is 70.9 Å². The second kappa shape index (κ2) is 20.4. The predicted molar refractivity (Wildman–Crippen MR) is 210 cm³/mol. The molecule has 0 spiro atoms. The van der Waals surface area contributed by atoms with Gasteiger partial charge < -0.3 is 40.5 Å². The number of hydrogen-bond acceptors (Lipinski definition) is 8. The number of fused-ring (bicyclic) bond motifs is 2. The van der Waals surface area contributed by atoms with E-state index in [4.69, 9.17) is 11.1 Å². The van der Waals surface area contributed by atoms with E-state index in [-0.39, 0.29) is 22.9 Å². The van der Waals surface area contributed by atoms with E-state index < -0.39 is 35.4 Å². The molecule has 16 heteroatoms. The summed E-state index contributed by atoms with van der Waals surface area (Å²) in [5.41, 5.74) is 7.62. The molecule has 2 aromatic rings. The Morgan fingerprint density at radius 3 is 2.24 bits per heavy atom. The lowest BCUT2D eigenvalue weighted by Gasteiger charge is -2.40. The van der Waals surface area contributed by atoms with Gasteiger partial charge in [-0.05, 0) is 43.8 Å². The van der Waals surface area contributed by atoms with Crippen LogP contribution in [0, 0.1) is 11.2 Å². The first kappa shape index (κ1) is 43.3. The summed E-state index contributed by atoms with van der Waals surface area (Å²) in [6, 6.07) is 2.44. The minimum absolute atomic E-state index is 0.104. The van der Waals surface area contributed by atoms with E-state index in [1.807, 2.05) is 57.5 Å². The van der Waals surface area contributed by atoms with Crippen molar-refractivity contribution in [3.8, 4) is 0 Å². The minimum Gasteiger partial charge on any atom is -0.478 e. The van der Waals surface area contributed by atoms with Gasteiger partial charge in [0.25, 0.3) is 0 Å². The molecule has 1 aromatic carbocycles. The molecule has 6 N–H and O–H groups in total. The molecule has 0 saturated carbocycles. The van der Waals surface area contributed by atoms with E-state index in [9.17, 15) is 33.4 Å². The van der Waals surface area contributed by atoms with E-state index in [1.54, 1.807) is 16.7 Å². The van der Waals surface area contributed by atoms with E-state index in [1.165, 1.54) is 18.3 Å². The Balaban J connectivity index is 0.000000267. The van der Waals surface area contributed by atoms with Gasteiger partial charge in [-0.15, -0.1) is 0 Å². The molecule has 1 aliphatic carbocycles. The molecule has 54 heavy (non-hydrogen) atoms. The number of carbonyl (C=O) groups is 2. The average molecular weight is 756 g/mol. The van der Waals surface area contributed by atoms with Crippen LogP contribution in [0.5, 0.6) is 0 Å². The summed E-state index contributed by atoms with van der Waals surface area (Å²) in [6.07, 6.45) is 6.31. The van der Waals surface area contributed by atoms with Crippen molar-refractivity contribution in [3.05, 3.63) is 75.0 Å². The normalized spacial score (nSPS) is 20.4. The second-order valence-corrected chi connectivity index (χ2v) is 12.5. The van der Waals surface area contributed by atoms with E-state index in [0.29, 0.717) is 75.1 Å². The molecule has 2 fully saturated rings. The highest BCUT2D eigenvalue weighted by atomic mass is 19.1. The van der Waals surface area contributed by atoms with Gasteiger partial charge in [-0.1, -0.05) is 33.8 Å². The average Bonchev–Trinajstić information content (AvgIpc) is 3.39. The van der Waals surface area contributed by atoms with Gasteiger partial charge in [0, 0.05) is 94.7 Å². The number of nitrogens with zero attached hydrogens (tertiary/aromatic N) is 6. The number of aromatic carboxylic acids is 1. The fourth-order valence-corrected chi connectivity index (χ4v) is 6.61. The summed E-state index contributed by atoms with van der Waals surface area (Å²) in [5, 5.41) is 28.7. The van der Waals surface area contributed by atoms with Crippen LogP contribution in [0.3, 0.4) is 0 Å². The number of pyridine rings is 1. The number of nitrogens with two attached hydrogens (primary N) is 1. The third-order valence-electron chi connectivity index (χ3n) is 9.49. The number of aryl methyl sites for hydroxylation is 1. The van der Waals surface area contributed by atoms with E-state index >= 15 is 0 Å². The van der Waals surface area contributed by atoms with Crippen LogP contribution in [-0.2, 0) is 11.3 Å². The molecule has 296 valence electrons. The highest BCUT2D eigenvalue weighted by molar-refractivity contribution is 5.93. The molecule has 4 heterocycles. The van der Waals surface area contributed by atoms with Gasteiger partial charge >= 0.3 is 11.9 Å². The first-order valence-electron chi connectivity index (χ1n) is 18.5. The lowest BCUT2D eigenvalue weighted by Crippen LogP contribution is -2.55. The molecule has 1 aromatic heterocycles. The predicted octanol–water partition coefficient (Wildman–Crippen LogP) is 3.72. The van der Waals surface area contributed by atoms with Crippen LogP contribution < -0.4 is 21.4 Å². The summed E-state index contributed by atoms with van der Waals surface area (Å²) in [7, 11) is 2.02. The molecule has 2 unspecified atom stereocenters. The SMILES string of the molecule is CC.CC.CCn1cc(C(=O)O)c(=O)c2cc(F)c(N3CCN(C)CC3)cc21.N=CN=C(N)N1CCN(C2C=C3NCC=C(C(=O)O)CC3=CC2F)CC1. The molecular weight excluding hydrogens is 700 g/mol. The van der Waals surface area contributed by atoms with Crippen molar-refractivity contribution in [2.45, 2.75) is 59.8 Å². The third kappa shape index (κ3) is 10.3. The molecule has 14 nitrogen and oxygen atoms in total. The van der Waals surface area contributed by atoms with Crippen LogP contribution in [-0.4, -0.2) is 132 Å². The second-order valence-electron chi connectivity index (χ2n) is 12.5.